The summed E-state index contributed by atoms with van der Waals surface area (Å²) >= 11 is 0. The van der Waals surface area contributed by atoms with Gasteiger partial charge >= 0.3 is 0 Å². The van der Waals surface area contributed by atoms with E-state index in [1.165, 1.54) is 12.1 Å². The molecule has 2 N–H and O–H groups in total. The number of hydrogen-bond donors (Lipinski definition) is 2. The first kappa shape index (κ1) is 16.9. The number of fused-ring (bicyclic) bond motifs is 1. The Hall–Kier alpha value is -2.51. The van der Waals surface area contributed by atoms with Gasteiger partial charge in [0.15, 0.2) is 0 Å². The summed E-state index contributed by atoms with van der Waals surface area (Å²) in [5.74, 6) is -0.246. The average Bonchev–Trinajstić information content (AvgIpc) is 3.28. The number of nitrogens with zero attached hydrogens (tertiary/aromatic N) is 4. The highest BCUT2D eigenvalue weighted by atomic mass is 19.1. The van der Waals surface area contributed by atoms with E-state index in [2.05, 4.69) is 20.2 Å². The third-order valence-electron chi connectivity index (χ3n) is 4.87. The average molecular weight is 355 g/mol. The van der Waals surface area contributed by atoms with Gasteiger partial charge in [-0.2, -0.15) is 10.2 Å². The normalized spacial score (nSPS) is 15.8. The number of benzene rings is 1. The molecule has 0 saturated heterocycles. The maximum Gasteiger partial charge on any atom is 0.123 e. The van der Waals surface area contributed by atoms with Crippen LogP contribution in [0.1, 0.15) is 36.4 Å². The highest BCUT2D eigenvalue weighted by molar-refractivity contribution is 5.62. The zero-order valence-corrected chi connectivity index (χ0v) is 14.7. The highest BCUT2D eigenvalue weighted by Gasteiger charge is 2.22. The number of H-pyrrole nitrogens is 1. The number of nitrogens with one attached hydrogen (secondary N) is 1. The maximum absolute atomic E-state index is 13.2. The van der Waals surface area contributed by atoms with E-state index in [9.17, 15) is 9.50 Å². The molecule has 3 heterocycles. The van der Waals surface area contributed by atoms with E-state index in [0.717, 1.165) is 54.4 Å². The van der Waals surface area contributed by atoms with Crippen molar-refractivity contribution in [3.8, 4) is 11.3 Å². The third-order valence-corrected chi connectivity index (χ3v) is 4.87. The van der Waals surface area contributed by atoms with E-state index < -0.39 is 6.10 Å². The van der Waals surface area contributed by atoms with E-state index >= 15 is 0 Å². The smallest absolute Gasteiger partial charge is 0.123 e. The van der Waals surface area contributed by atoms with Crippen LogP contribution in [-0.4, -0.2) is 36.5 Å². The molecule has 0 spiro atoms. The van der Waals surface area contributed by atoms with Crippen LogP contribution in [0.2, 0.25) is 0 Å². The Bertz CT molecular complexity index is 886. The van der Waals surface area contributed by atoms with Gasteiger partial charge in [0.2, 0.25) is 0 Å². The molecule has 6 nitrogen and oxygen atoms in total. The summed E-state index contributed by atoms with van der Waals surface area (Å²) in [6.07, 6.45) is 1.99. The van der Waals surface area contributed by atoms with E-state index in [-0.39, 0.29) is 5.82 Å². The fourth-order valence-electron chi connectivity index (χ4n) is 3.39. The Kier molecular flexibility index (Phi) is 4.57. The molecule has 7 heteroatoms. The predicted octanol–water partition coefficient (Wildman–Crippen LogP) is 2.87. The van der Waals surface area contributed by atoms with Crippen molar-refractivity contribution in [2.45, 2.75) is 39.1 Å². The quantitative estimate of drug-likeness (QED) is 0.738. The second kappa shape index (κ2) is 7.01. The minimum atomic E-state index is -0.500. The monoisotopic (exact) mass is 355 g/mol. The van der Waals surface area contributed by atoms with Gasteiger partial charge in [-0.05, 0) is 36.8 Å². The van der Waals surface area contributed by atoms with E-state index in [4.69, 9.17) is 0 Å². The van der Waals surface area contributed by atoms with Crippen LogP contribution in [-0.2, 0) is 19.6 Å². The van der Waals surface area contributed by atoms with Gasteiger partial charge in [-0.3, -0.25) is 14.7 Å². The molecule has 4 rings (SSSR count). The molecule has 136 valence electrons. The molecule has 0 aliphatic carbocycles. The maximum atomic E-state index is 13.2. The molecule has 1 atom stereocenters. The lowest BCUT2D eigenvalue weighted by Crippen LogP contribution is -2.33. The van der Waals surface area contributed by atoms with Crippen molar-refractivity contribution in [2.24, 2.45) is 0 Å². The summed E-state index contributed by atoms with van der Waals surface area (Å²) < 4.78 is 15.2. The summed E-state index contributed by atoms with van der Waals surface area (Å²) in [6, 6.07) is 8.43. The molecule has 0 bridgehead atoms. The molecule has 0 amide bonds. The van der Waals surface area contributed by atoms with Crippen molar-refractivity contribution in [3.05, 3.63) is 59.3 Å². The predicted molar refractivity (Wildman–Crippen MR) is 95.6 cm³/mol. The van der Waals surface area contributed by atoms with Crippen LogP contribution >= 0.6 is 0 Å². The fourth-order valence-corrected chi connectivity index (χ4v) is 3.39. The fraction of sp³-hybridized carbons (Fsp3) is 0.368. The van der Waals surface area contributed by atoms with Crippen molar-refractivity contribution >= 4 is 0 Å². The first-order valence-corrected chi connectivity index (χ1v) is 8.89. The largest absolute Gasteiger partial charge is 0.387 e. The third kappa shape index (κ3) is 3.27. The first-order valence-electron chi connectivity index (χ1n) is 8.89. The molecule has 1 aliphatic heterocycles. The van der Waals surface area contributed by atoms with Crippen molar-refractivity contribution in [1.29, 1.82) is 0 Å². The van der Waals surface area contributed by atoms with Gasteiger partial charge in [-0.25, -0.2) is 4.39 Å². The summed E-state index contributed by atoms with van der Waals surface area (Å²) in [6.45, 7) is 5.16. The number of aromatic amines is 1. The zero-order chi connectivity index (χ0) is 18.1. The summed E-state index contributed by atoms with van der Waals surface area (Å²) in [4.78, 5) is 2.33. The Balaban J connectivity index is 1.50. The van der Waals surface area contributed by atoms with Crippen LogP contribution in [0.4, 0.5) is 4.39 Å². The molecular weight excluding hydrogens is 333 g/mol. The Morgan fingerprint density at radius 3 is 2.85 bits per heavy atom. The van der Waals surface area contributed by atoms with E-state index in [1.54, 1.807) is 12.1 Å². The Labute approximate surface area is 151 Å². The van der Waals surface area contributed by atoms with Crippen molar-refractivity contribution < 1.29 is 9.50 Å². The Morgan fingerprint density at radius 2 is 2.08 bits per heavy atom. The van der Waals surface area contributed by atoms with Gasteiger partial charge in [-0.1, -0.05) is 6.92 Å². The van der Waals surface area contributed by atoms with Crippen molar-refractivity contribution in [1.82, 2.24) is 24.9 Å². The van der Waals surface area contributed by atoms with Gasteiger partial charge in [0, 0.05) is 30.8 Å². The summed E-state index contributed by atoms with van der Waals surface area (Å²) in [5, 5.41) is 21.7. The summed E-state index contributed by atoms with van der Waals surface area (Å²) in [5.41, 5.74) is 4.80. The molecule has 3 aromatic rings. The van der Waals surface area contributed by atoms with Gasteiger partial charge in [0.1, 0.15) is 5.82 Å². The zero-order valence-electron chi connectivity index (χ0n) is 14.7. The van der Waals surface area contributed by atoms with Gasteiger partial charge in [0.25, 0.3) is 0 Å². The molecule has 1 unspecified atom stereocenters. The molecule has 0 fully saturated rings. The molecule has 2 aromatic heterocycles. The van der Waals surface area contributed by atoms with Gasteiger partial charge in [-0.15, -0.1) is 0 Å². The lowest BCUT2D eigenvalue weighted by atomic mass is 10.1. The van der Waals surface area contributed by atoms with Crippen molar-refractivity contribution in [2.75, 3.05) is 6.54 Å². The lowest BCUT2D eigenvalue weighted by Gasteiger charge is -2.27. The SMILES string of the molecule is CCC(O)c1cc2n(n1)CCN(Cc1cn[nH]c1-c1ccc(F)cc1)C2. The number of halogens is 1. The molecule has 26 heavy (non-hydrogen) atoms. The number of rotatable bonds is 5. The van der Waals surface area contributed by atoms with Crippen LogP contribution in [0.25, 0.3) is 11.3 Å². The first-order chi connectivity index (χ1) is 12.6. The van der Waals surface area contributed by atoms with Crippen LogP contribution in [0, 0.1) is 5.82 Å². The molecule has 1 aromatic carbocycles. The number of hydrogen-bond acceptors (Lipinski definition) is 4. The minimum Gasteiger partial charge on any atom is -0.387 e. The highest BCUT2D eigenvalue weighted by Crippen LogP contribution is 2.25. The van der Waals surface area contributed by atoms with E-state index in [1.807, 2.05) is 23.9 Å². The van der Waals surface area contributed by atoms with Gasteiger partial charge < -0.3 is 5.11 Å². The lowest BCUT2D eigenvalue weighted by molar-refractivity contribution is 0.166. The number of aromatic nitrogens is 4. The second-order valence-corrected chi connectivity index (χ2v) is 6.70. The summed E-state index contributed by atoms with van der Waals surface area (Å²) in [7, 11) is 0. The molecule has 1 aliphatic rings. The topological polar surface area (TPSA) is 70.0 Å². The van der Waals surface area contributed by atoms with E-state index in [0.29, 0.717) is 6.42 Å². The molecule has 0 saturated carbocycles. The number of aliphatic hydroxyl groups excluding tert-OH is 1. The standard InChI is InChI=1S/C19H22FN5O/c1-2-18(26)17-9-16-12-24(7-8-25(16)23-17)11-14-10-21-22-19(14)13-3-5-15(20)6-4-13/h3-6,9-10,18,26H,2,7-8,11-12H2,1H3,(H,21,22). The van der Waals surface area contributed by atoms with Crippen LogP contribution in [0.15, 0.2) is 36.5 Å². The molecular formula is C19H22FN5O. The van der Waals surface area contributed by atoms with Crippen molar-refractivity contribution in [3.63, 3.8) is 0 Å². The van der Waals surface area contributed by atoms with Crippen LogP contribution in [0.3, 0.4) is 0 Å². The minimum absolute atomic E-state index is 0.246. The van der Waals surface area contributed by atoms with Crippen LogP contribution in [0.5, 0.6) is 0 Å². The Morgan fingerprint density at radius 1 is 1.27 bits per heavy atom. The van der Waals surface area contributed by atoms with Gasteiger partial charge in [0.05, 0.1) is 35.9 Å². The number of aliphatic hydroxyl groups is 1. The second-order valence-electron chi connectivity index (χ2n) is 6.70. The molecule has 0 radical (unpaired) electrons. The van der Waals surface area contributed by atoms with Crippen LogP contribution < -0.4 is 0 Å².